The molecule has 0 radical (unpaired) electrons. The summed E-state index contributed by atoms with van der Waals surface area (Å²) in [4.78, 5) is 1.05. The van der Waals surface area contributed by atoms with Crippen LogP contribution in [0.1, 0.15) is 4.88 Å². The molecule has 21 heavy (non-hydrogen) atoms. The fourth-order valence-electron chi connectivity index (χ4n) is 2.39. The van der Waals surface area contributed by atoms with E-state index >= 15 is 0 Å². The van der Waals surface area contributed by atoms with Gasteiger partial charge in [0.25, 0.3) is 0 Å². The van der Waals surface area contributed by atoms with Crippen LogP contribution in [0, 0.1) is 12.7 Å². The van der Waals surface area contributed by atoms with Crippen molar-refractivity contribution in [1.82, 2.24) is 0 Å². The largest absolute Gasteiger partial charge is 0.506 e. The summed E-state index contributed by atoms with van der Waals surface area (Å²) in [6.45, 7) is 1.94. The lowest BCUT2D eigenvalue weighted by molar-refractivity contribution is 0.423. The molecule has 3 N–H and O–H groups in total. The van der Waals surface area contributed by atoms with E-state index in [0.717, 1.165) is 10.3 Å². The second-order valence-corrected chi connectivity index (χ2v) is 6.08. The average molecular weight is 302 g/mol. The van der Waals surface area contributed by atoms with E-state index in [1.807, 2.05) is 19.1 Å². The van der Waals surface area contributed by atoms with Crippen LogP contribution in [0.25, 0.3) is 21.2 Å². The lowest BCUT2D eigenvalue weighted by Crippen LogP contribution is -2.32. The Morgan fingerprint density at radius 1 is 1.10 bits per heavy atom. The van der Waals surface area contributed by atoms with Crippen LogP contribution in [0.4, 0.5) is 4.39 Å². The van der Waals surface area contributed by atoms with E-state index in [-0.39, 0.29) is 16.8 Å². The fraction of sp³-hybridized carbons (Fsp3) is 0.0667. The molecule has 0 fully saturated rings. The van der Waals surface area contributed by atoms with Gasteiger partial charge in [0, 0.05) is 21.5 Å². The van der Waals surface area contributed by atoms with E-state index in [0.29, 0.717) is 10.3 Å². The van der Waals surface area contributed by atoms with Crippen LogP contribution in [-0.2, 0) is 0 Å². The Morgan fingerprint density at radius 3 is 2.57 bits per heavy atom. The van der Waals surface area contributed by atoms with Crippen LogP contribution in [0.3, 0.4) is 0 Å². The van der Waals surface area contributed by atoms with Gasteiger partial charge in [0.1, 0.15) is 11.6 Å². The normalized spacial score (nSPS) is 11.0. The van der Waals surface area contributed by atoms with Gasteiger partial charge in [0.15, 0.2) is 0 Å². The predicted molar refractivity (Wildman–Crippen MR) is 83.4 cm³/mol. The Labute approximate surface area is 125 Å². The Kier molecular flexibility index (Phi) is 3.45. The fourth-order valence-corrected chi connectivity index (χ4v) is 3.35. The summed E-state index contributed by atoms with van der Waals surface area (Å²) < 4.78 is 15.1. The molecular weight excluding hydrogens is 290 g/mol. The van der Waals surface area contributed by atoms with Gasteiger partial charge < -0.3 is 15.2 Å². The third-order valence-electron chi connectivity index (χ3n) is 3.38. The van der Waals surface area contributed by atoms with E-state index in [9.17, 15) is 19.5 Å². The van der Waals surface area contributed by atoms with Crippen molar-refractivity contribution in [3.8, 4) is 16.9 Å². The standard InChI is InChI=1S/C15H12BFO3S/c1-8-7-9-5-6-11(14(18)15(9)21-8)10-3-2-4-12(13(10)17)16(19)20/h2-7,18-20H,1H3. The molecule has 0 amide bonds. The third kappa shape index (κ3) is 2.31. The number of halogens is 1. The molecule has 1 heterocycles. The number of benzene rings is 2. The Balaban J connectivity index is 2.25. The van der Waals surface area contributed by atoms with Gasteiger partial charge in [0.05, 0.1) is 4.70 Å². The number of fused-ring (bicyclic) bond motifs is 1. The molecule has 0 atom stereocenters. The minimum absolute atomic E-state index is 0.00841. The predicted octanol–water partition coefficient (Wildman–Crippen LogP) is 2.40. The van der Waals surface area contributed by atoms with Crippen molar-refractivity contribution >= 4 is 34.0 Å². The quantitative estimate of drug-likeness (QED) is 0.637. The van der Waals surface area contributed by atoms with Crippen molar-refractivity contribution in [3.63, 3.8) is 0 Å². The summed E-state index contributed by atoms with van der Waals surface area (Å²) in [5.74, 6) is -0.732. The lowest BCUT2D eigenvalue weighted by Gasteiger charge is -2.10. The van der Waals surface area contributed by atoms with Gasteiger partial charge in [-0.15, -0.1) is 11.3 Å². The van der Waals surface area contributed by atoms with E-state index in [4.69, 9.17) is 0 Å². The first-order valence-electron chi connectivity index (χ1n) is 6.36. The van der Waals surface area contributed by atoms with Gasteiger partial charge in [-0.2, -0.15) is 0 Å². The monoisotopic (exact) mass is 302 g/mol. The van der Waals surface area contributed by atoms with E-state index in [1.165, 1.54) is 29.5 Å². The Morgan fingerprint density at radius 2 is 1.86 bits per heavy atom. The summed E-state index contributed by atoms with van der Waals surface area (Å²) in [6.07, 6.45) is 0. The van der Waals surface area contributed by atoms with Crippen LogP contribution in [0.15, 0.2) is 36.4 Å². The molecule has 0 aliphatic rings. The molecule has 0 unspecified atom stereocenters. The second kappa shape index (κ2) is 5.14. The number of hydrogen-bond acceptors (Lipinski definition) is 4. The molecule has 0 aliphatic carbocycles. The number of rotatable bonds is 2. The molecular formula is C15H12BFO3S. The van der Waals surface area contributed by atoms with Crippen LogP contribution in [-0.4, -0.2) is 22.3 Å². The van der Waals surface area contributed by atoms with Crippen LogP contribution < -0.4 is 5.46 Å². The molecule has 0 saturated carbocycles. The minimum atomic E-state index is -1.89. The molecule has 0 bridgehead atoms. The molecule has 106 valence electrons. The van der Waals surface area contributed by atoms with Crippen molar-refractivity contribution in [2.24, 2.45) is 0 Å². The number of aryl methyl sites for hydroxylation is 1. The molecule has 1 aromatic heterocycles. The highest BCUT2D eigenvalue weighted by Gasteiger charge is 2.21. The molecule has 3 rings (SSSR count). The van der Waals surface area contributed by atoms with Gasteiger partial charge >= 0.3 is 7.12 Å². The maximum absolute atomic E-state index is 14.4. The van der Waals surface area contributed by atoms with Crippen molar-refractivity contribution < 1.29 is 19.5 Å². The van der Waals surface area contributed by atoms with Gasteiger partial charge in [-0.25, -0.2) is 4.39 Å². The molecule has 2 aromatic carbocycles. The first kappa shape index (κ1) is 14.1. The summed E-state index contributed by atoms with van der Waals surface area (Å²) >= 11 is 1.43. The zero-order chi connectivity index (χ0) is 15.1. The van der Waals surface area contributed by atoms with Crippen molar-refractivity contribution in [3.05, 3.63) is 47.1 Å². The first-order valence-corrected chi connectivity index (χ1v) is 7.17. The summed E-state index contributed by atoms with van der Waals surface area (Å²) in [7, 11) is -1.89. The zero-order valence-electron chi connectivity index (χ0n) is 11.2. The highest BCUT2D eigenvalue weighted by Crippen LogP contribution is 2.40. The van der Waals surface area contributed by atoms with Gasteiger partial charge in [-0.3, -0.25) is 0 Å². The first-order chi connectivity index (χ1) is 9.99. The summed E-state index contributed by atoms with van der Waals surface area (Å²) in [5.41, 5.74) is 0.268. The highest BCUT2D eigenvalue weighted by atomic mass is 32.1. The second-order valence-electron chi connectivity index (χ2n) is 4.82. The maximum atomic E-state index is 14.4. The molecule has 0 spiro atoms. The SMILES string of the molecule is Cc1cc2ccc(-c3cccc(B(O)O)c3F)c(O)c2s1. The number of phenolic OH excluding ortho intramolecular Hbond substituents is 1. The lowest BCUT2D eigenvalue weighted by atomic mass is 9.78. The number of phenols is 1. The smallest absolute Gasteiger partial charge is 0.491 e. The topological polar surface area (TPSA) is 60.7 Å². The Hall–Kier alpha value is -1.89. The summed E-state index contributed by atoms with van der Waals surface area (Å²) in [5, 5.41) is 29.6. The van der Waals surface area contributed by atoms with Crippen molar-refractivity contribution in [2.75, 3.05) is 0 Å². The Bertz CT molecular complexity index is 829. The number of thiophene rings is 1. The van der Waals surface area contributed by atoms with Crippen LogP contribution in [0.2, 0.25) is 0 Å². The number of aromatic hydroxyl groups is 1. The van der Waals surface area contributed by atoms with E-state index < -0.39 is 12.9 Å². The maximum Gasteiger partial charge on any atom is 0.491 e. The van der Waals surface area contributed by atoms with Crippen molar-refractivity contribution in [2.45, 2.75) is 6.92 Å². The van der Waals surface area contributed by atoms with Crippen LogP contribution >= 0.6 is 11.3 Å². The molecule has 6 heteroatoms. The third-order valence-corrected chi connectivity index (χ3v) is 4.45. The molecule has 3 aromatic rings. The molecule has 0 saturated heterocycles. The van der Waals surface area contributed by atoms with Gasteiger partial charge in [0.2, 0.25) is 0 Å². The van der Waals surface area contributed by atoms with Gasteiger partial charge in [-0.1, -0.05) is 24.3 Å². The van der Waals surface area contributed by atoms with E-state index in [2.05, 4.69) is 0 Å². The van der Waals surface area contributed by atoms with Gasteiger partial charge in [-0.05, 0) is 24.4 Å². The summed E-state index contributed by atoms with van der Waals surface area (Å²) in [6, 6.07) is 9.73. The highest BCUT2D eigenvalue weighted by molar-refractivity contribution is 7.19. The minimum Gasteiger partial charge on any atom is -0.506 e. The van der Waals surface area contributed by atoms with Crippen molar-refractivity contribution in [1.29, 1.82) is 0 Å². The molecule has 0 aliphatic heterocycles. The zero-order valence-corrected chi connectivity index (χ0v) is 12.0. The van der Waals surface area contributed by atoms with Crippen LogP contribution in [0.5, 0.6) is 5.75 Å². The average Bonchev–Trinajstić information content (AvgIpc) is 2.81. The van der Waals surface area contributed by atoms with E-state index in [1.54, 1.807) is 6.07 Å². The molecule has 3 nitrogen and oxygen atoms in total. The number of hydrogen-bond donors (Lipinski definition) is 3.